The van der Waals surface area contributed by atoms with Crippen molar-refractivity contribution in [3.63, 3.8) is 0 Å². The highest BCUT2D eigenvalue weighted by atomic mass is 16.6. The molecule has 8 nitrogen and oxygen atoms in total. The van der Waals surface area contributed by atoms with Crippen LogP contribution in [0.15, 0.2) is 72.8 Å². The molecule has 0 fully saturated rings. The number of hydrogen-bond acceptors (Lipinski definition) is 5. The van der Waals surface area contributed by atoms with E-state index in [0.29, 0.717) is 17.7 Å². The molecule has 0 aromatic heterocycles. The molecule has 0 radical (unpaired) electrons. The Morgan fingerprint density at radius 1 is 1.03 bits per heavy atom. The molecule has 0 spiro atoms. The van der Waals surface area contributed by atoms with Crippen LogP contribution in [-0.4, -0.2) is 22.4 Å². The Balaban J connectivity index is 1.71. The predicted octanol–water partition coefficient (Wildman–Crippen LogP) is 3.04. The third-order valence-corrected chi connectivity index (χ3v) is 3.86. The first-order valence-electron chi connectivity index (χ1n) is 8.56. The van der Waals surface area contributed by atoms with Gasteiger partial charge in [-0.05, 0) is 23.8 Å². The summed E-state index contributed by atoms with van der Waals surface area (Å²) >= 11 is 0. The smallest absolute Gasteiger partial charge is 0.457 e. The number of aliphatic hydroxyl groups excluding tert-OH is 1. The lowest BCUT2D eigenvalue weighted by molar-refractivity contribution is -0.385. The van der Waals surface area contributed by atoms with Gasteiger partial charge in [-0.2, -0.15) is 0 Å². The molecule has 0 saturated carbocycles. The summed E-state index contributed by atoms with van der Waals surface area (Å²) in [4.78, 5) is 24.0. The van der Waals surface area contributed by atoms with Gasteiger partial charge in [-0.3, -0.25) is 14.9 Å². The van der Waals surface area contributed by atoms with Gasteiger partial charge in [-0.25, -0.2) is 0 Å². The topological polar surface area (TPSA) is 113 Å². The van der Waals surface area contributed by atoms with Crippen LogP contribution in [-0.2, 0) is 11.3 Å². The molecule has 0 aliphatic heterocycles. The van der Waals surface area contributed by atoms with Crippen molar-refractivity contribution in [1.29, 1.82) is 0 Å². The van der Waals surface area contributed by atoms with Gasteiger partial charge in [0, 0.05) is 12.1 Å². The number of nitrogens with zero attached hydrogens (tertiary/aromatic N) is 1. The standard InChI is InChI=1S/C21H16N2O6/c24-13-16-11-19(9-10-20(16)23(26)27)29-18-8-4-7-17(12-18)22-21(25)28-14-15-5-2-1-3-6-15/h1-13H,14H2,(H,22,25)/p+1. The van der Waals surface area contributed by atoms with Gasteiger partial charge in [0.2, 0.25) is 5.69 Å². The quantitative estimate of drug-likeness (QED) is 0.210. The number of nitro groups is 1. The first-order valence-corrected chi connectivity index (χ1v) is 8.56. The molecule has 3 aromatic carbocycles. The number of carbonyl (C=O) groups is 1. The second-order valence-corrected chi connectivity index (χ2v) is 5.93. The zero-order valence-corrected chi connectivity index (χ0v) is 15.1. The third kappa shape index (κ3) is 5.39. The molecule has 0 saturated heterocycles. The number of carbonyl (C=O) groups excluding carboxylic acids is 1. The monoisotopic (exact) mass is 393 g/mol. The second kappa shape index (κ2) is 9.14. The van der Waals surface area contributed by atoms with E-state index in [1.54, 1.807) is 24.3 Å². The fourth-order valence-electron chi connectivity index (χ4n) is 2.52. The van der Waals surface area contributed by atoms with Crippen molar-refractivity contribution in [3.8, 4) is 11.5 Å². The van der Waals surface area contributed by atoms with E-state index in [1.807, 2.05) is 30.3 Å². The van der Waals surface area contributed by atoms with Crippen LogP contribution in [0.5, 0.6) is 11.5 Å². The molecule has 0 heterocycles. The Morgan fingerprint density at radius 2 is 1.79 bits per heavy atom. The van der Waals surface area contributed by atoms with Crippen LogP contribution in [0.25, 0.3) is 0 Å². The minimum atomic E-state index is -0.633. The number of aliphatic hydroxyl groups is 1. The van der Waals surface area contributed by atoms with E-state index in [1.165, 1.54) is 18.2 Å². The van der Waals surface area contributed by atoms with Crippen molar-refractivity contribution in [2.45, 2.75) is 6.61 Å². The van der Waals surface area contributed by atoms with Gasteiger partial charge in [0.25, 0.3) is 5.69 Å². The van der Waals surface area contributed by atoms with Crippen molar-refractivity contribution >= 4 is 23.7 Å². The highest BCUT2D eigenvalue weighted by Crippen LogP contribution is 2.27. The normalized spacial score (nSPS) is 11.0. The minimum Gasteiger partial charge on any atom is -0.457 e. The van der Waals surface area contributed by atoms with Gasteiger partial charge in [-0.1, -0.05) is 36.4 Å². The zero-order valence-electron chi connectivity index (χ0n) is 15.1. The summed E-state index contributed by atoms with van der Waals surface area (Å²) in [5, 5.41) is 20.8. The lowest BCUT2D eigenvalue weighted by Crippen LogP contribution is -2.67. The number of benzene rings is 3. The Morgan fingerprint density at radius 3 is 2.52 bits per heavy atom. The maximum Gasteiger partial charge on any atom is 0.551 e. The van der Waals surface area contributed by atoms with Gasteiger partial charge >= 0.3 is 6.08 Å². The van der Waals surface area contributed by atoms with E-state index < -0.39 is 4.92 Å². The van der Waals surface area contributed by atoms with Crippen LogP contribution in [0.1, 0.15) is 15.9 Å². The number of hydrogen-bond donors (Lipinski definition) is 2. The summed E-state index contributed by atoms with van der Waals surface area (Å²) in [6, 6.07) is 19.9. The Labute approximate surface area is 165 Å². The summed E-state index contributed by atoms with van der Waals surface area (Å²) < 4.78 is 10.9. The molecule has 29 heavy (non-hydrogen) atoms. The molecule has 2 N–H and O–H groups in total. The van der Waals surface area contributed by atoms with E-state index in [4.69, 9.17) is 9.47 Å². The van der Waals surface area contributed by atoms with E-state index in [9.17, 15) is 20.0 Å². The van der Waals surface area contributed by atoms with Crippen LogP contribution in [0.3, 0.4) is 0 Å². The van der Waals surface area contributed by atoms with Crippen molar-refractivity contribution in [2.24, 2.45) is 0 Å². The van der Waals surface area contributed by atoms with Gasteiger partial charge < -0.3 is 14.6 Å². The lowest BCUT2D eigenvalue weighted by Gasteiger charge is -2.06. The predicted molar refractivity (Wildman–Crippen MR) is 104 cm³/mol. The molecule has 0 bridgehead atoms. The van der Waals surface area contributed by atoms with Crippen LogP contribution in [0.2, 0.25) is 0 Å². The molecule has 0 atom stereocenters. The van der Waals surface area contributed by atoms with Crippen molar-refractivity contribution in [1.82, 2.24) is 0 Å². The van der Waals surface area contributed by atoms with Gasteiger partial charge in [-0.15, -0.1) is 4.99 Å². The first kappa shape index (κ1) is 19.6. The summed E-state index contributed by atoms with van der Waals surface area (Å²) in [5.41, 5.74) is 1.03. The van der Waals surface area contributed by atoms with Crippen LogP contribution >= 0.6 is 0 Å². The fourth-order valence-corrected chi connectivity index (χ4v) is 2.52. The molecule has 3 aromatic rings. The van der Waals surface area contributed by atoms with Crippen molar-refractivity contribution in [2.75, 3.05) is 0 Å². The summed E-state index contributed by atoms with van der Waals surface area (Å²) in [6.45, 7) is 0.202. The Bertz CT molecular complexity index is 1050. The van der Waals surface area contributed by atoms with E-state index >= 15 is 0 Å². The number of rotatable bonds is 7. The van der Waals surface area contributed by atoms with E-state index in [-0.39, 0.29) is 29.7 Å². The van der Waals surface area contributed by atoms with Gasteiger partial charge in [0.05, 0.1) is 16.6 Å². The molecular weight excluding hydrogens is 376 g/mol. The molecule has 146 valence electrons. The Hall–Kier alpha value is -4.20. The van der Waals surface area contributed by atoms with E-state index in [2.05, 4.69) is 4.99 Å². The van der Waals surface area contributed by atoms with Crippen LogP contribution in [0, 0.1) is 10.1 Å². The minimum absolute atomic E-state index is 0.0814. The Kier molecular flexibility index (Phi) is 6.16. The molecule has 0 unspecified atom stereocenters. The number of aldehydes is 1. The summed E-state index contributed by atoms with van der Waals surface area (Å²) in [7, 11) is 0. The fraction of sp³-hybridized carbons (Fsp3) is 0.0476. The molecule has 0 aliphatic carbocycles. The number of nitro benzene ring substituents is 1. The van der Waals surface area contributed by atoms with Crippen LogP contribution < -0.4 is 9.73 Å². The van der Waals surface area contributed by atoms with Crippen molar-refractivity contribution < 1.29 is 29.3 Å². The summed E-state index contributed by atoms with van der Waals surface area (Å²) in [6.07, 6.45) is 0.0321. The van der Waals surface area contributed by atoms with E-state index in [0.717, 1.165) is 5.56 Å². The summed E-state index contributed by atoms with van der Waals surface area (Å²) in [5.74, 6) is 0.667. The number of nitrogens with one attached hydrogen (secondary N) is 1. The average molecular weight is 393 g/mol. The van der Waals surface area contributed by atoms with Crippen molar-refractivity contribution in [3.05, 3.63) is 94.0 Å². The lowest BCUT2D eigenvalue weighted by atomic mass is 10.2. The highest BCUT2D eigenvalue weighted by molar-refractivity contribution is 5.82. The third-order valence-electron chi connectivity index (χ3n) is 3.86. The molecular formula is C21H17N2O6+. The second-order valence-electron chi connectivity index (χ2n) is 5.93. The molecule has 3 rings (SSSR count). The SMILES string of the molecule is O=Cc1cc(Oc2cccc([NH+]=C(O)OCc3ccccc3)c2)ccc1[N+](=O)[O-]. The van der Waals surface area contributed by atoms with Gasteiger partial charge in [0.1, 0.15) is 18.1 Å². The molecule has 0 amide bonds. The highest BCUT2D eigenvalue weighted by Gasteiger charge is 2.14. The molecule has 0 aliphatic rings. The largest absolute Gasteiger partial charge is 0.551 e. The number of ether oxygens (including phenoxy) is 2. The van der Waals surface area contributed by atoms with Crippen LogP contribution in [0.4, 0.5) is 11.4 Å². The van der Waals surface area contributed by atoms with Gasteiger partial charge in [0.15, 0.2) is 6.29 Å². The first-order chi connectivity index (χ1) is 14.0. The maximum absolute atomic E-state index is 11.1. The zero-order chi connectivity index (χ0) is 20.6. The maximum atomic E-state index is 11.1. The average Bonchev–Trinajstić information content (AvgIpc) is 2.73. The molecule has 8 heteroatoms.